The predicted molar refractivity (Wildman–Crippen MR) is 68.2 cm³/mol. The lowest BCUT2D eigenvalue weighted by atomic mass is 9.85. The summed E-state index contributed by atoms with van der Waals surface area (Å²) in [5, 5.41) is 5.94. The molecule has 1 aromatic heterocycles. The van der Waals surface area contributed by atoms with Gasteiger partial charge in [0.05, 0.1) is 0 Å². The van der Waals surface area contributed by atoms with Crippen molar-refractivity contribution < 1.29 is 4.79 Å². The molecule has 0 spiro atoms. The third-order valence-corrected chi connectivity index (χ3v) is 3.25. The Labute approximate surface area is 102 Å². The molecule has 0 aliphatic heterocycles. The van der Waals surface area contributed by atoms with Crippen molar-refractivity contribution in [2.75, 3.05) is 18.9 Å². The van der Waals surface area contributed by atoms with E-state index in [1.165, 1.54) is 19.3 Å². The predicted octanol–water partition coefficient (Wildman–Crippen LogP) is 1.96. The second-order valence-corrected chi connectivity index (χ2v) is 4.64. The van der Waals surface area contributed by atoms with Crippen LogP contribution in [0.4, 0.5) is 5.82 Å². The highest BCUT2D eigenvalue weighted by Gasteiger charge is 2.18. The summed E-state index contributed by atoms with van der Waals surface area (Å²) in [6, 6.07) is 3.60. The summed E-state index contributed by atoms with van der Waals surface area (Å²) in [6.45, 7) is 2.69. The van der Waals surface area contributed by atoms with Crippen LogP contribution in [0.25, 0.3) is 0 Å². The first-order valence-corrected chi connectivity index (χ1v) is 6.13. The lowest BCUT2D eigenvalue weighted by Crippen LogP contribution is -2.32. The van der Waals surface area contributed by atoms with Gasteiger partial charge in [0.2, 0.25) is 0 Å². The molecule has 1 fully saturated rings. The molecule has 17 heavy (non-hydrogen) atoms. The smallest absolute Gasteiger partial charge is 0.251 e. The lowest BCUT2D eigenvalue weighted by Gasteiger charge is -2.25. The van der Waals surface area contributed by atoms with Gasteiger partial charge in [0.1, 0.15) is 5.82 Å². The fourth-order valence-corrected chi connectivity index (χ4v) is 1.96. The van der Waals surface area contributed by atoms with Crippen molar-refractivity contribution in [3.8, 4) is 0 Å². The van der Waals surface area contributed by atoms with Gasteiger partial charge in [-0.15, -0.1) is 0 Å². The average Bonchev–Trinajstić information content (AvgIpc) is 2.25. The zero-order valence-electron chi connectivity index (χ0n) is 10.4. The standard InChI is InChI=1S/C13H19N3O/c1-9-6-11(7-12(14-2)16-9)13(17)15-8-10-4-3-5-10/h6-7,10H,3-5,8H2,1-2H3,(H,14,16)(H,15,17). The summed E-state index contributed by atoms with van der Waals surface area (Å²) in [5.41, 5.74) is 1.53. The maximum atomic E-state index is 11.9. The van der Waals surface area contributed by atoms with Gasteiger partial charge in [-0.2, -0.15) is 0 Å². The zero-order valence-corrected chi connectivity index (χ0v) is 10.4. The summed E-state index contributed by atoms with van der Waals surface area (Å²) >= 11 is 0. The van der Waals surface area contributed by atoms with Crippen LogP contribution in [0.15, 0.2) is 12.1 Å². The van der Waals surface area contributed by atoms with Gasteiger partial charge < -0.3 is 10.6 Å². The summed E-state index contributed by atoms with van der Waals surface area (Å²) in [5.74, 6) is 1.42. The van der Waals surface area contributed by atoms with Crippen LogP contribution in [0.1, 0.15) is 35.3 Å². The summed E-state index contributed by atoms with van der Waals surface area (Å²) in [7, 11) is 1.80. The van der Waals surface area contributed by atoms with Gasteiger partial charge in [-0.25, -0.2) is 4.98 Å². The van der Waals surface area contributed by atoms with Gasteiger partial charge in [0, 0.05) is 24.8 Å². The van der Waals surface area contributed by atoms with Crippen LogP contribution in [0.2, 0.25) is 0 Å². The normalized spacial score (nSPS) is 15.2. The van der Waals surface area contributed by atoms with Crippen molar-refractivity contribution in [3.05, 3.63) is 23.4 Å². The third-order valence-electron chi connectivity index (χ3n) is 3.25. The number of amides is 1. The number of carbonyl (C=O) groups is 1. The monoisotopic (exact) mass is 233 g/mol. The fourth-order valence-electron chi connectivity index (χ4n) is 1.96. The van der Waals surface area contributed by atoms with Crippen molar-refractivity contribution in [2.45, 2.75) is 26.2 Å². The topological polar surface area (TPSA) is 54.0 Å². The van der Waals surface area contributed by atoms with Gasteiger partial charge in [0.25, 0.3) is 5.91 Å². The van der Waals surface area contributed by atoms with Crippen molar-refractivity contribution >= 4 is 11.7 Å². The van der Waals surface area contributed by atoms with E-state index >= 15 is 0 Å². The molecule has 92 valence electrons. The number of anilines is 1. The Morgan fingerprint density at radius 1 is 1.47 bits per heavy atom. The first kappa shape index (κ1) is 11.9. The summed E-state index contributed by atoms with van der Waals surface area (Å²) in [6.07, 6.45) is 3.80. The average molecular weight is 233 g/mol. The van der Waals surface area contributed by atoms with E-state index < -0.39 is 0 Å². The molecule has 0 atom stereocenters. The Balaban J connectivity index is 1.99. The first-order valence-electron chi connectivity index (χ1n) is 6.13. The maximum absolute atomic E-state index is 11.9. The molecule has 4 heteroatoms. The van der Waals surface area contributed by atoms with Crippen molar-refractivity contribution in [3.63, 3.8) is 0 Å². The van der Waals surface area contributed by atoms with Gasteiger partial charge in [-0.3, -0.25) is 4.79 Å². The first-order chi connectivity index (χ1) is 8.19. The third kappa shape index (κ3) is 2.96. The number of carbonyl (C=O) groups excluding carboxylic acids is 1. The molecule has 1 aliphatic carbocycles. The zero-order chi connectivity index (χ0) is 12.3. The molecule has 1 saturated carbocycles. The number of hydrogen-bond donors (Lipinski definition) is 2. The Morgan fingerprint density at radius 2 is 2.24 bits per heavy atom. The molecule has 1 aliphatic rings. The van der Waals surface area contributed by atoms with Crippen LogP contribution in [0, 0.1) is 12.8 Å². The van der Waals surface area contributed by atoms with E-state index in [1.807, 2.05) is 13.0 Å². The largest absolute Gasteiger partial charge is 0.373 e. The number of rotatable bonds is 4. The van der Waals surface area contributed by atoms with E-state index in [0.717, 1.165) is 18.1 Å². The van der Waals surface area contributed by atoms with E-state index in [4.69, 9.17) is 0 Å². The number of hydrogen-bond acceptors (Lipinski definition) is 3. The number of nitrogens with zero attached hydrogens (tertiary/aromatic N) is 1. The van der Waals surface area contributed by atoms with Crippen LogP contribution in [0.5, 0.6) is 0 Å². The molecule has 0 aromatic carbocycles. The van der Waals surface area contributed by atoms with Gasteiger partial charge in [0.15, 0.2) is 0 Å². The summed E-state index contributed by atoms with van der Waals surface area (Å²) < 4.78 is 0. The number of nitrogens with one attached hydrogen (secondary N) is 2. The van der Waals surface area contributed by atoms with Crippen LogP contribution in [-0.2, 0) is 0 Å². The van der Waals surface area contributed by atoms with E-state index in [2.05, 4.69) is 15.6 Å². The highest BCUT2D eigenvalue weighted by Crippen LogP contribution is 2.25. The Morgan fingerprint density at radius 3 is 2.82 bits per heavy atom. The molecule has 0 unspecified atom stereocenters. The van der Waals surface area contributed by atoms with E-state index in [9.17, 15) is 4.79 Å². The molecule has 2 rings (SSSR count). The minimum absolute atomic E-state index is 0.00102. The number of pyridine rings is 1. The Hall–Kier alpha value is -1.58. The minimum Gasteiger partial charge on any atom is -0.373 e. The molecule has 1 amide bonds. The minimum atomic E-state index is -0.00102. The van der Waals surface area contributed by atoms with E-state index in [-0.39, 0.29) is 5.91 Å². The Kier molecular flexibility index (Phi) is 3.61. The quantitative estimate of drug-likeness (QED) is 0.836. The molecule has 0 saturated heterocycles. The molecule has 0 bridgehead atoms. The molecule has 4 nitrogen and oxygen atoms in total. The van der Waals surface area contributed by atoms with Crippen molar-refractivity contribution in [1.29, 1.82) is 0 Å². The van der Waals surface area contributed by atoms with Gasteiger partial charge >= 0.3 is 0 Å². The fraction of sp³-hybridized carbons (Fsp3) is 0.538. The molecule has 2 N–H and O–H groups in total. The molecule has 0 radical (unpaired) electrons. The molecular weight excluding hydrogens is 214 g/mol. The van der Waals surface area contributed by atoms with E-state index in [0.29, 0.717) is 11.5 Å². The van der Waals surface area contributed by atoms with Gasteiger partial charge in [-0.1, -0.05) is 6.42 Å². The SMILES string of the molecule is CNc1cc(C(=O)NCC2CCC2)cc(C)n1. The van der Waals surface area contributed by atoms with Crippen molar-refractivity contribution in [1.82, 2.24) is 10.3 Å². The van der Waals surface area contributed by atoms with Gasteiger partial charge in [-0.05, 0) is 37.8 Å². The summed E-state index contributed by atoms with van der Waals surface area (Å²) in [4.78, 5) is 16.2. The highest BCUT2D eigenvalue weighted by atomic mass is 16.1. The van der Waals surface area contributed by atoms with Crippen LogP contribution < -0.4 is 10.6 Å². The van der Waals surface area contributed by atoms with Crippen LogP contribution in [-0.4, -0.2) is 24.5 Å². The molecule has 1 aromatic rings. The number of aryl methyl sites for hydroxylation is 1. The van der Waals surface area contributed by atoms with Crippen LogP contribution in [0.3, 0.4) is 0 Å². The Bertz CT molecular complexity index is 413. The van der Waals surface area contributed by atoms with Crippen LogP contribution >= 0.6 is 0 Å². The molecule has 1 heterocycles. The van der Waals surface area contributed by atoms with Crippen molar-refractivity contribution in [2.24, 2.45) is 5.92 Å². The number of aromatic nitrogens is 1. The lowest BCUT2D eigenvalue weighted by molar-refractivity contribution is 0.0939. The maximum Gasteiger partial charge on any atom is 0.251 e. The highest BCUT2D eigenvalue weighted by molar-refractivity contribution is 5.95. The molecular formula is C13H19N3O. The second kappa shape index (κ2) is 5.17. The van der Waals surface area contributed by atoms with E-state index in [1.54, 1.807) is 13.1 Å². The second-order valence-electron chi connectivity index (χ2n) is 4.64.